The second-order valence-electron chi connectivity index (χ2n) is 2.90. The number of carboxylic acids is 2. The predicted molar refractivity (Wildman–Crippen MR) is 46.0 cm³/mol. The topological polar surface area (TPSA) is 101 Å². The van der Waals surface area contributed by atoms with Gasteiger partial charge in [-0.05, 0) is 18.9 Å². The Bertz CT molecular complexity index is 295. The van der Waals surface area contributed by atoms with E-state index in [0.717, 1.165) is 11.0 Å². The third kappa shape index (κ3) is 8.82. The molecular formula is C9H11NNa2O5. The molecule has 0 aliphatic carbocycles. The van der Waals surface area contributed by atoms with Gasteiger partial charge in [-0.15, -0.1) is 0 Å². The minimum Gasteiger partial charge on any atom is -0.550 e. The first-order chi connectivity index (χ1) is 6.90. The summed E-state index contributed by atoms with van der Waals surface area (Å²) in [5, 5.41) is 20.8. The molecular weight excluding hydrogens is 248 g/mol. The van der Waals surface area contributed by atoms with Crippen LogP contribution >= 0.6 is 0 Å². The Morgan fingerprint density at radius 3 is 2.06 bits per heavy atom. The van der Waals surface area contributed by atoms with Gasteiger partial charge in [0.2, 0.25) is 5.91 Å². The third-order valence-electron chi connectivity index (χ3n) is 1.88. The Labute approximate surface area is 144 Å². The van der Waals surface area contributed by atoms with Crippen LogP contribution in [0.4, 0.5) is 0 Å². The summed E-state index contributed by atoms with van der Waals surface area (Å²) in [4.78, 5) is 32.7. The molecule has 0 aliphatic rings. The molecule has 17 heavy (non-hydrogen) atoms. The summed E-state index contributed by atoms with van der Waals surface area (Å²) in [6, 6.07) is -1.28. The first-order valence-electron chi connectivity index (χ1n) is 4.20. The molecule has 0 bridgehead atoms. The molecule has 8 heteroatoms. The second-order valence-corrected chi connectivity index (χ2v) is 2.90. The molecule has 0 aromatic rings. The van der Waals surface area contributed by atoms with Crippen LogP contribution in [0.3, 0.4) is 0 Å². The molecule has 1 amide bonds. The van der Waals surface area contributed by atoms with Gasteiger partial charge in [-0.1, -0.05) is 6.58 Å². The number of carbonyl (C=O) groups is 3. The Kier molecular flexibility index (Phi) is 14.8. The Morgan fingerprint density at radius 1 is 1.29 bits per heavy atom. The van der Waals surface area contributed by atoms with Crippen molar-refractivity contribution in [3.8, 4) is 0 Å². The Morgan fingerprint density at radius 2 is 1.76 bits per heavy atom. The van der Waals surface area contributed by atoms with Gasteiger partial charge in [-0.3, -0.25) is 4.79 Å². The average Bonchev–Trinajstić information content (AvgIpc) is 2.15. The number of hydrogen-bond acceptors (Lipinski definition) is 5. The third-order valence-corrected chi connectivity index (χ3v) is 1.88. The fourth-order valence-electron chi connectivity index (χ4n) is 1.02. The largest absolute Gasteiger partial charge is 1.00 e. The smallest absolute Gasteiger partial charge is 0.550 e. The summed E-state index contributed by atoms with van der Waals surface area (Å²) in [6.07, 6.45) is 0.239. The van der Waals surface area contributed by atoms with Crippen molar-refractivity contribution in [3.63, 3.8) is 0 Å². The van der Waals surface area contributed by atoms with Crippen LogP contribution in [0.5, 0.6) is 0 Å². The van der Waals surface area contributed by atoms with Crippen LogP contribution < -0.4 is 69.3 Å². The molecule has 0 aromatic carbocycles. The molecule has 0 saturated heterocycles. The number of amides is 1. The Balaban J connectivity index is -0.000000980. The molecule has 0 saturated carbocycles. The van der Waals surface area contributed by atoms with E-state index in [9.17, 15) is 24.6 Å². The summed E-state index contributed by atoms with van der Waals surface area (Å²) in [7, 11) is 1.24. The van der Waals surface area contributed by atoms with Gasteiger partial charge in [-0.25, -0.2) is 0 Å². The average molecular weight is 259 g/mol. The van der Waals surface area contributed by atoms with Crippen molar-refractivity contribution < 1.29 is 83.7 Å². The van der Waals surface area contributed by atoms with Gasteiger partial charge in [-0.2, -0.15) is 0 Å². The van der Waals surface area contributed by atoms with Crippen molar-refractivity contribution >= 4 is 17.8 Å². The van der Waals surface area contributed by atoms with Crippen LogP contribution in [-0.4, -0.2) is 35.8 Å². The molecule has 0 spiro atoms. The zero-order valence-corrected chi connectivity index (χ0v) is 14.3. The van der Waals surface area contributed by atoms with E-state index >= 15 is 0 Å². The molecule has 0 heterocycles. The van der Waals surface area contributed by atoms with Crippen molar-refractivity contribution in [1.29, 1.82) is 0 Å². The van der Waals surface area contributed by atoms with Gasteiger partial charge >= 0.3 is 59.1 Å². The molecule has 84 valence electrons. The molecule has 0 rings (SSSR count). The van der Waals surface area contributed by atoms with Crippen molar-refractivity contribution in [1.82, 2.24) is 4.90 Å². The van der Waals surface area contributed by atoms with Gasteiger partial charge in [0, 0.05) is 13.0 Å². The van der Waals surface area contributed by atoms with Gasteiger partial charge < -0.3 is 24.7 Å². The summed E-state index contributed by atoms with van der Waals surface area (Å²) < 4.78 is 0. The molecule has 0 radical (unpaired) electrons. The van der Waals surface area contributed by atoms with E-state index in [-0.39, 0.29) is 65.5 Å². The van der Waals surface area contributed by atoms with E-state index in [1.807, 2.05) is 0 Å². The predicted octanol–water partition coefficient (Wildman–Crippen LogP) is -8.71. The maximum absolute atomic E-state index is 11.1. The molecule has 0 unspecified atom stereocenters. The first-order valence-corrected chi connectivity index (χ1v) is 4.20. The number of nitrogens with zero attached hydrogens (tertiary/aromatic N) is 1. The van der Waals surface area contributed by atoms with E-state index in [1.165, 1.54) is 7.05 Å². The normalized spacial score (nSPS) is 10.2. The van der Waals surface area contributed by atoms with Crippen LogP contribution in [-0.2, 0) is 14.4 Å². The maximum atomic E-state index is 11.1. The van der Waals surface area contributed by atoms with Crippen LogP contribution in [0, 0.1) is 0 Å². The van der Waals surface area contributed by atoms with Gasteiger partial charge in [0.1, 0.15) is 0 Å². The first kappa shape index (κ1) is 22.3. The molecule has 6 nitrogen and oxygen atoms in total. The SMILES string of the molecule is C=CC(=O)N(C)[C@@H](CCC(=O)[O-])C(=O)[O-].[Na+].[Na+]. The molecule has 0 fully saturated rings. The Hall–Kier alpha value is 0.150. The van der Waals surface area contributed by atoms with Crippen LogP contribution in [0.1, 0.15) is 12.8 Å². The summed E-state index contributed by atoms with van der Waals surface area (Å²) in [6.45, 7) is 3.19. The summed E-state index contributed by atoms with van der Waals surface area (Å²) in [5.41, 5.74) is 0. The van der Waals surface area contributed by atoms with E-state index in [4.69, 9.17) is 0 Å². The monoisotopic (exact) mass is 259 g/mol. The second kappa shape index (κ2) is 11.3. The number of hydrogen-bond donors (Lipinski definition) is 0. The van der Waals surface area contributed by atoms with E-state index in [2.05, 4.69) is 6.58 Å². The van der Waals surface area contributed by atoms with Crippen molar-refractivity contribution in [3.05, 3.63) is 12.7 Å². The standard InChI is InChI=1S/C9H13NO5.2Na/c1-3-7(11)10(2)6(9(14)15)4-5-8(12)13;;/h3,6H,1,4-5H2,2H3,(H,12,13)(H,14,15);;/q;2*+1/p-2/t6-;;/m0../s1. The molecule has 1 atom stereocenters. The van der Waals surface area contributed by atoms with E-state index < -0.39 is 30.3 Å². The zero-order valence-electron chi connectivity index (χ0n) is 10.3. The number of carbonyl (C=O) groups excluding carboxylic acids is 3. The van der Waals surface area contributed by atoms with Crippen LogP contribution in [0.2, 0.25) is 0 Å². The number of aliphatic carboxylic acids is 2. The molecule has 0 N–H and O–H groups in total. The van der Waals surface area contributed by atoms with Crippen molar-refractivity contribution in [2.75, 3.05) is 7.05 Å². The molecule has 0 aliphatic heterocycles. The number of carboxylic acid groups (broad SMARTS) is 2. The fraction of sp³-hybridized carbons (Fsp3) is 0.444. The fourth-order valence-corrected chi connectivity index (χ4v) is 1.02. The van der Waals surface area contributed by atoms with Gasteiger partial charge in [0.05, 0.1) is 12.0 Å². The van der Waals surface area contributed by atoms with Crippen LogP contribution in [0.25, 0.3) is 0 Å². The molecule has 0 aromatic heterocycles. The minimum absolute atomic E-state index is 0. The van der Waals surface area contributed by atoms with E-state index in [0.29, 0.717) is 0 Å². The van der Waals surface area contributed by atoms with Gasteiger partial charge in [0.15, 0.2) is 0 Å². The quantitative estimate of drug-likeness (QED) is 0.348. The van der Waals surface area contributed by atoms with E-state index in [1.54, 1.807) is 0 Å². The number of likely N-dealkylation sites (N-methyl/N-ethyl adjacent to an activating group) is 1. The summed E-state index contributed by atoms with van der Waals surface area (Å²) in [5.74, 6) is -3.49. The van der Waals surface area contributed by atoms with Crippen molar-refractivity contribution in [2.45, 2.75) is 18.9 Å². The van der Waals surface area contributed by atoms with Gasteiger partial charge in [0.25, 0.3) is 0 Å². The summed E-state index contributed by atoms with van der Waals surface area (Å²) >= 11 is 0. The van der Waals surface area contributed by atoms with Crippen molar-refractivity contribution in [2.24, 2.45) is 0 Å². The van der Waals surface area contributed by atoms with Crippen LogP contribution in [0.15, 0.2) is 12.7 Å². The minimum atomic E-state index is -1.51. The maximum Gasteiger partial charge on any atom is 1.00 e. The number of rotatable bonds is 6. The zero-order chi connectivity index (χ0) is 12.0.